The molecule has 2 nitrogen and oxygen atoms in total. The molecule has 0 radical (unpaired) electrons. The fraction of sp³-hybridized carbons (Fsp3) is 0.182. The summed E-state index contributed by atoms with van der Waals surface area (Å²) in [5, 5.41) is 4.26. The molecule has 0 bridgehead atoms. The molecule has 2 aromatic rings. The van der Waals surface area contributed by atoms with Crippen molar-refractivity contribution in [2.45, 2.75) is 13.0 Å². The van der Waals surface area contributed by atoms with E-state index in [1.165, 1.54) is 5.56 Å². The largest absolute Gasteiger partial charge is 0.264 e. The molecule has 0 fully saturated rings. The smallest absolute Gasteiger partial charge is 0.0740 e. The van der Waals surface area contributed by atoms with Gasteiger partial charge in [0.1, 0.15) is 0 Å². The Morgan fingerprint density at radius 3 is 2.57 bits per heavy atom. The first-order chi connectivity index (χ1) is 6.77. The van der Waals surface area contributed by atoms with Crippen molar-refractivity contribution in [2.75, 3.05) is 0 Å². The van der Waals surface area contributed by atoms with Crippen LogP contribution < -0.4 is 0 Å². The minimum absolute atomic E-state index is 0.280. The van der Waals surface area contributed by atoms with Crippen molar-refractivity contribution < 1.29 is 0 Å². The molecular weight excluding hydrogens is 240 g/mol. The Kier molecular flexibility index (Phi) is 2.68. The van der Waals surface area contributed by atoms with Crippen molar-refractivity contribution in [1.82, 2.24) is 9.78 Å². The maximum Gasteiger partial charge on any atom is 0.0740 e. The van der Waals surface area contributed by atoms with Gasteiger partial charge in [0.2, 0.25) is 0 Å². The second-order valence-corrected chi connectivity index (χ2v) is 4.14. The first-order valence-electron chi connectivity index (χ1n) is 4.52. The van der Waals surface area contributed by atoms with Gasteiger partial charge in [-0.1, -0.05) is 30.3 Å². The Morgan fingerprint density at radius 2 is 2.00 bits per heavy atom. The molecule has 0 aliphatic rings. The van der Waals surface area contributed by atoms with Crippen molar-refractivity contribution in [2.24, 2.45) is 0 Å². The Balaban J connectivity index is 2.29. The van der Waals surface area contributed by atoms with Crippen LogP contribution >= 0.6 is 15.9 Å². The average Bonchev–Trinajstić information content (AvgIpc) is 2.65. The van der Waals surface area contributed by atoms with E-state index in [9.17, 15) is 0 Å². The molecule has 72 valence electrons. The van der Waals surface area contributed by atoms with E-state index in [-0.39, 0.29) is 6.04 Å². The van der Waals surface area contributed by atoms with Gasteiger partial charge in [-0.15, -0.1) is 0 Å². The molecule has 0 spiro atoms. The van der Waals surface area contributed by atoms with Crippen molar-refractivity contribution in [3.63, 3.8) is 0 Å². The lowest BCUT2D eigenvalue weighted by molar-refractivity contribution is 0.564. The van der Waals surface area contributed by atoms with E-state index in [0.717, 1.165) is 4.47 Å². The molecule has 0 amide bonds. The van der Waals surface area contributed by atoms with Crippen LogP contribution in [0.15, 0.2) is 47.2 Å². The van der Waals surface area contributed by atoms with Crippen molar-refractivity contribution >= 4 is 15.9 Å². The van der Waals surface area contributed by atoms with E-state index in [1.54, 1.807) is 6.20 Å². The molecule has 0 saturated carbocycles. The summed E-state index contributed by atoms with van der Waals surface area (Å²) in [7, 11) is 0. The zero-order valence-electron chi connectivity index (χ0n) is 7.89. The molecular formula is C11H11BrN2. The van der Waals surface area contributed by atoms with Crippen molar-refractivity contribution in [3.05, 3.63) is 52.8 Å². The van der Waals surface area contributed by atoms with Gasteiger partial charge < -0.3 is 0 Å². The second kappa shape index (κ2) is 3.96. The summed E-state index contributed by atoms with van der Waals surface area (Å²) in [5.74, 6) is 0. The van der Waals surface area contributed by atoms with Gasteiger partial charge in [-0.2, -0.15) is 5.10 Å². The highest BCUT2D eigenvalue weighted by atomic mass is 79.9. The molecule has 0 N–H and O–H groups in total. The maximum absolute atomic E-state index is 4.26. The third-order valence-corrected chi connectivity index (χ3v) is 2.66. The van der Waals surface area contributed by atoms with Crippen LogP contribution in [0.5, 0.6) is 0 Å². The molecule has 0 saturated heterocycles. The van der Waals surface area contributed by atoms with Gasteiger partial charge in [0, 0.05) is 6.20 Å². The van der Waals surface area contributed by atoms with Crippen LogP contribution in [0.2, 0.25) is 0 Å². The van der Waals surface area contributed by atoms with E-state index in [0.29, 0.717) is 0 Å². The van der Waals surface area contributed by atoms with Crippen LogP contribution in [0.25, 0.3) is 0 Å². The first kappa shape index (κ1) is 9.46. The standard InChI is InChI=1S/C11H11BrN2/c1-9(10-5-3-2-4-6-10)14-8-11(12)7-13-14/h2-9H,1H3/t9-/m0/s1. The lowest BCUT2D eigenvalue weighted by atomic mass is 10.1. The van der Waals surface area contributed by atoms with Crippen molar-refractivity contribution in [3.8, 4) is 0 Å². The van der Waals surface area contributed by atoms with Gasteiger partial charge in [0.15, 0.2) is 0 Å². The average molecular weight is 251 g/mol. The third-order valence-electron chi connectivity index (χ3n) is 2.25. The van der Waals surface area contributed by atoms with Crippen molar-refractivity contribution in [1.29, 1.82) is 0 Å². The predicted octanol–water partition coefficient (Wildman–Crippen LogP) is 3.25. The monoisotopic (exact) mass is 250 g/mol. The minimum atomic E-state index is 0.280. The Hall–Kier alpha value is -1.09. The molecule has 1 atom stereocenters. The SMILES string of the molecule is C[C@@H](c1ccccc1)n1cc(Br)cn1. The minimum Gasteiger partial charge on any atom is -0.264 e. The molecule has 1 heterocycles. The van der Waals surface area contributed by atoms with Gasteiger partial charge in [-0.05, 0) is 28.4 Å². The van der Waals surface area contributed by atoms with Crippen LogP contribution in [0.3, 0.4) is 0 Å². The number of benzene rings is 1. The number of rotatable bonds is 2. The summed E-state index contributed by atoms with van der Waals surface area (Å²) in [5.41, 5.74) is 1.27. The summed E-state index contributed by atoms with van der Waals surface area (Å²) in [4.78, 5) is 0. The molecule has 2 rings (SSSR count). The van der Waals surface area contributed by atoms with Crippen LogP contribution in [0.4, 0.5) is 0 Å². The predicted molar refractivity (Wildman–Crippen MR) is 60.2 cm³/mol. The van der Waals surface area contributed by atoms with E-state index in [4.69, 9.17) is 0 Å². The highest BCUT2D eigenvalue weighted by molar-refractivity contribution is 9.10. The summed E-state index contributed by atoms with van der Waals surface area (Å²) in [6, 6.07) is 10.6. The van der Waals surface area contributed by atoms with Gasteiger partial charge in [0.25, 0.3) is 0 Å². The van der Waals surface area contributed by atoms with E-state index >= 15 is 0 Å². The lowest BCUT2D eigenvalue weighted by Gasteiger charge is -2.11. The summed E-state index contributed by atoms with van der Waals surface area (Å²) in [6.07, 6.45) is 3.79. The molecule has 1 aromatic carbocycles. The number of nitrogens with zero attached hydrogens (tertiary/aromatic N) is 2. The second-order valence-electron chi connectivity index (χ2n) is 3.23. The number of hydrogen-bond acceptors (Lipinski definition) is 1. The summed E-state index contributed by atoms with van der Waals surface area (Å²) in [6.45, 7) is 2.13. The van der Waals surface area contributed by atoms with Crippen LogP contribution in [0.1, 0.15) is 18.5 Å². The van der Waals surface area contributed by atoms with Gasteiger partial charge >= 0.3 is 0 Å². The molecule has 0 aliphatic carbocycles. The molecule has 0 unspecified atom stereocenters. The quantitative estimate of drug-likeness (QED) is 0.801. The maximum atomic E-state index is 4.26. The van der Waals surface area contributed by atoms with Crippen LogP contribution in [-0.2, 0) is 0 Å². The first-order valence-corrected chi connectivity index (χ1v) is 5.31. The van der Waals surface area contributed by atoms with Gasteiger partial charge in [-0.25, -0.2) is 0 Å². The van der Waals surface area contributed by atoms with E-state index < -0.39 is 0 Å². The van der Waals surface area contributed by atoms with E-state index in [1.807, 2.05) is 29.1 Å². The third kappa shape index (κ3) is 1.87. The summed E-state index contributed by atoms with van der Waals surface area (Å²) >= 11 is 3.39. The zero-order valence-corrected chi connectivity index (χ0v) is 9.48. The molecule has 14 heavy (non-hydrogen) atoms. The van der Waals surface area contributed by atoms with E-state index in [2.05, 4.69) is 40.1 Å². The Bertz CT molecular complexity index is 408. The fourth-order valence-electron chi connectivity index (χ4n) is 1.41. The van der Waals surface area contributed by atoms with Gasteiger partial charge in [0.05, 0.1) is 16.7 Å². The Labute approximate surface area is 91.7 Å². The molecule has 3 heteroatoms. The van der Waals surface area contributed by atoms with Gasteiger partial charge in [-0.3, -0.25) is 4.68 Å². The highest BCUT2D eigenvalue weighted by Crippen LogP contribution is 2.18. The highest BCUT2D eigenvalue weighted by Gasteiger charge is 2.07. The lowest BCUT2D eigenvalue weighted by Crippen LogP contribution is -2.06. The number of hydrogen-bond donors (Lipinski definition) is 0. The molecule has 0 aliphatic heterocycles. The topological polar surface area (TPSA) is 17.8 Å². The fourth-order valence-corrected chi connectivity index (χ4v) is 1.71. The number of halogens is 1. The normalized spacial score (nSPS) is 12.7. The summed E-state index contributed by atoms with van der Waals surface area (Å²) < 4.78 is 2.96. The zero-order chi connectivity index (χ0) is 9.97. The van der Waals surface area contributed by atoms with Crippen LogP contribution in [0, 0.1) is 0 Å². The Morgan fingerprint density at radius 1 is 1.29 bits per heavy atom. The molecule has 1 aromatic heterocycles. The number of aromatic nitrogens is 2. The van der Waals surface area contributed by atoms with Crippen LogP contribution in [-0.4, -0.2) is 9.78 Å².